The maximum Gasteiger partial charge on any atom is 0.273 e. The molecular weight excluding hydrogens is 278 g/mol. The van der Waals surface area contributed by atoms with E-state index in [1.807, 2.05) is 10.3 Å². The molecule has 1 aromatic rings. The van der Waals surface area contributed by atoms with Gasteiger partial charge in [-0.2, -0.15) is 0 Å². The van der Waals surface area contributed by atoms with E-state index in [0.717, 1.165) is 37.9 Å². The Morgan fingerprint density at radius 3 is 2.50 bits per heavy atom. The van der Waals surface area contributed by atoms with Crippen molar-refractivity contribution in [1.82, 2.24) is 14.8 Å². The Kier molecular flexibility index (Phi) is 4.62. The van der Waals surface area contributed by atoms with Crippen LogP contribution in [0.3, 0.4) is 0 Å². The van der Waals surface area contributed by atoms with Gasteiger partial charge < -0.3 is 14.4 Å². The molecule has 2 aliphatic rings. The van der Waals surface area contributed by atoms with E-state index < -0.39 is 0 Å². The van der Waals surface area contributed by atoms with Crippen molar-refractivity contribution >= 4 is 17.2 Å². The summed E-state index contributed by atoms with van der Waals surface area (Å²) in [7, 11) is 0. The molecule has 2 saturated heterocycles. The zero-order chi connectivity index (χ0) is 13.8. The Morgan fingerprint density at radius 1 is 1.15 bits per heavy atom. The summed E-state index contributed by atoms with van der Waals surface area (Å²) in [6.07, 6.45) is 0. The van der Waals surface area contributed by atoms with Gasteiger partial charge in [0.2, 0.25) is 0 Å². The molecule has 0 aromatic carbocycles. The third-order valence-electron chi connectivity index (χ3n) is 3.53. The van der Waals surface area contributed by atoms with Crippen LogP contribution in [0.1, 0.15) is 15.5 Å². The monoisotopic (exact) mass is 297 g/mol. The molecule has 0 bridgehead atoms. The highest BCUT2D eigenvalue weighted by atomic mass is 32.1. The van der Waals surface area contributed by atoms with Gasteiger partial charge in [-0.15, -0.1) is 11.3 Å². The van der Waals surface area contributed by atoms with Gasteiger partial charge >= 0.3 is 0 Å². The van der Waals surface area contributed by atoms with E-state index in [-0.39, 0.29) is 5.91 Å². The Hall–Kier alpha value is -1.02. The summed E-state index contributed by atoms with van der Waals surface area (Å²) in [6, 6.07) is 0. The first-order chi connectivity index (χ1) is 9.83. The Labute approximate surface area is 122 Å². The fourth-order valence-corrected chi connectivity index (χ4v) is 3.17. The first-order valence-electron chi connectivity index (χ1n) is 6.94. The molecule has 3 heterocycles. The van der Waals surface area contributed by atoms with Crippen molar-refractivity contribution in [2.24, 2.45) is 0 Å². The molecule has 0 atom stereocenters. The molecule has 0 unspecified atom stereocenters. The molecular formula is C13H19N3O3S. The van der Waals surface area contributed by atoms with Crippen LogP contribution in [-0.4, -0.2) is 73.3 Å². The van der Waals surface area contributed by atoms with Gasteiger partial charge in [0.05, 0.1) is 33.0 Å². The smallest absolute Gasteiger partial charge is 0.273 e. The van der Waals surface area contributed by atoms with Crippen molar-refractivity contribution in [2.45, 2.75) is 6.54 Å². The fourth-order valence-electron chi connectivity index (χ4n) is 2.36. The van der Waals surface area contributed by atoms with Gasteiger partial charge in [0, 0.05) is 31.6 Å². The average molecular weight is 297 g/mol. The number of ether oxygens (including phenoxy) is 2. The van der Waals surface area contributed by atoms with Gasteiger partial charge in [-0.25, -0.2) is 4.98 Å². The number of hydrogen-bond acceptors (Lipinski definition) is 6. The minimum absolute atomic E-state index is 0.0257. The van der Waals surface area contributed by atoms with Crippen molar-refractivity contribution in [3.05, 3.63) is 16.1 Å². The van der Waals surface area contributed by atoms with Gasteiger partial charge in [-0.1, -0.05) is 0 Å². The van der Waals surface area contributed by atoms with Gasteiger partial charge in [0.25, 0.3) is 5.91 Å². The lowest BCUT2D eigenvalue weighted by Crippen LogP contribution is -2.40. The van der Waals surface area contributed by atoms with E-state index in [9.17, 15) is 4.79 Å². The molecule has 7 heteroatoms. The highest BCUT2D eigenvalue weighted by molar-refractivity contribution is 7.09. The van der Waals surface area contributed by atoms with E-state index in [4.69, 9.17) is 9.47 Å². The van der Waals surface area contributed by atoms with E-state index in [2.05, 4.69) is 9.88 Å². The molecule has 3 rings (SSSR count). The first kappa shape index (κ1) is 13.9. The Bertz CT molecular complexity index is 453. The van der Waals surface area contributed by atoms with Crippen molar-refractivity contribution in [3.63, 3.8) is 0 Å². The van der Waals surface area contributed by atoms with Crippen LogP contribution in [0.25, 0.3) is 0 Å². The van der Waals surface area contributed by atoms with E-state index >= 15 is 0 Å². The minimum Gasteiger partial charge on any atom is -0.379 e. The van der Waals surface area contributed by atoms with Crippen molar-refractivity contribution in [1.29, 1.82) is 0 Å². The normalized spacial score (nSPS) is 21.1. The number of carbonyl (C=O) groups excluding carboxylic acids is 1. The molecule has 0 aliphatic carbocycles. The highest BCUT2D eigenvalue weighted by Crippen LogP contribution is 2.15. The molecule has 1 aromatic heterocycles. The van der Waals surface area contributed by atoms with E-state index in [0.29, 0.717) is 32.0 Å². The summed E-state index contributed by atoms with van der Waals surface area (Å²) in [5, 5.41) is 2.87. The summed E-state index contributed by atoms with van der Waals surface area (Å²) in [5.74, 6) is 0.0257. The molecule has 110 valence electrons. The predicted molar refractivity (Wildman–Crippen MR) is 74.9 cm³/mol. The molecule has 2 aliphatic heterocycles. The summed E-state index contributed by atoms with van der Waals surface area (Å²) >= 11 is 1.56. The molecule has 20 heavy (non-hydrogen) atoms. The third kappa shape index (κ3) is 3.35. The number of nitrogens with zero attached hydrogens (tertiary/aromatic N) is 3. The predicted octanol–water partition coefficient (Wildman–Crippen LogP) is 0.448. The van der Waals surface area contributed by atoms with Gasteiger partial charge in [-0.05, 0) is 0 Å². The zero-order valence-electron chi connectivity index (χ0n) is 11.4. The lowest BCUT2D eigenvalue weighted by molar-refractivity contribution is 0.0297. The highest BCUT2D eigenvalue weighted by Gasteiger charge is 2.21. The number of thiazole rings is 1. The van der Waals surface area contributed by atoms with Gasteiger partial charge in [0.15, 0.2) is 0 Å². The van der Waals surface area contributed by atoms with Crippen molar-refractivity contribution in [3.8, 4) is 0 Å². The van der Waals surface area contributed by atoms with Crippen LogP contribution >= 0.6 is 11.3 Å². The summed E-state index contributed by atoms with van der Waals surface area (Å²) in [6.45, 7) is 6.82. The van der Waals surface area contributed by atoms with Crippen LogP contribution in [-0.2, 0) is 16.0 Å². The second-order valence-corrected chi connectivity index (χ2v) is 5.86. The quantitative estimate of drug-likeness (QED) is 0.811. The average Bonchev–Trinajstić information content (AvgIpc) is 2.97. The lowest BCUT2D eigenvalue weighted by atomic mass is 10.3. The molecule has 0 radical (unpaired) electrons. The number of hydrogen-bond donors (Lipinski definition) is 0. The van der Waals surface area contributed by atoms with Gasteiger partial charge in [-0.3, -0.25) is 9.69 Å². The van der Waals surface area contributed by atoms with Crippen LogP contribution in [0, 0.1) is 0 Å². The minimum atomic E-state index is 0.0257. The molecule has 0 N–H and O–H groups in total. The number of amides is 1. The third-order valence-corrected chi connectivity index (χ3v) is 4.37. The number of rotatable bonds is 3. The standard InChI is InChI=1S/C13H19N3O3S/c17-13(16-3-7-19-8-4-16)11-10-20-12(14-11)9-15-1-5-18-6-2-15/h10H,1-9H2. The summed E-state index contributed by atoms with van der Waals surface area (Å²) < 4.78 is 10.6. The van der Waals surface area contributed by atoms with Crippen molar-refractivity contribution in [2.75, 3.05) is 52.6 Å². The zero-order valence-corrected chi connectivity index (χ0v) is 12.2. The summed E-state index contributed by atoms with van der Waals surface area (Å²) in [5.41, 5.74) is 0.570. The molecule has 6 nitrogen and oxygen atoms in total. The second-order valence-electron chi connectivity index (χ2n) is 4.92. The van der Waals surface area contributed by atoms with Gasteiger partial charge in [0.1, 0.15) is 10.7 Å². The maximum atomic E-state index is 12.3. The largest absolute Gasteiger partial charge is 0.379 e. The first-order valence-corrected chi connectivity index (χ1v) is 7.82. The number of morpholine rings is 2. The van der Waals surface area contributed by atoms with Crippen LogP contribution in [0.2, 0.25) is 0 Å². The summed E-state index contributed by atoms with van der Waals surface area (Å²) in [4.78, 5) is 20.9. The molecule has 1 amide bonds. The van der Waals surface area contributed by atoms with Crippen LogP contribution < -0.4 is 0 Å². The fraction of sp³-hybridized carbons (Fsp3) is 0.692. The van der Waals surface area contributed by atoms with E-state index in [1.165, 1.54) is 0 Å². The van der Waals surface area contributed by atoms with Crippen LogP contribution in [0.4, 0.5) is 0 Å². The maximum absolute atomic E-state index is 12.3. The second kappa shape index (κ2) is 6.62. The topological polar surface area (TPSA) is 54.9 Å². The SMILES string of the molecule is O=C(c1csc(CN2CCOCC2)n1)N1CCOCC1. The molecule has 0 spiro atoms. The Morgan fingerprint density at radius 2 is 1.80 bits per heavy atom. The molecule has 2 fully saturated rings. The Balaban J connectivity index is 1.59. The lowest BCUT2D eigenvalue weighted by Gasteiger charge is -2.26. The van der Waals surface area contributed by atoms with Crippen LogP contribution in [0.5, 0.6) is 0 Å². The molecule has 0 saturated carbocycles. The van der Waals surface area contributed by atoms with Crippen molar-refractivity contribution < 1.29 is 14.3 Å². The van der Waals surface area contributed by atoms with E-state index in [1.54, 1.807) is 11.3 Å². The number of carbonyl (C=O) groups is 1. The number of aromatic nitrogens is 1. The van der Waals surface area contributed by atoms with Crippen LogP contribution in [0.15, 0.2) is 5.38 Å².